The molecule has 1 aromatic rings. The molecule has 3 N–H and O–H groups in total. The molecule has 2 fully saturated rings. The van der Waals surface area contributed by atoms with Gasteiger partial charge in [-0.15, -0.1) is 0 Å². The van der Waals surface area contributed by atoms with Gasteiger partial charge in [0.05, 0.1) is 5.60 Å². The number of hydrogen-bond donors (Lipinski definition) is 2. The first-order valence-electron chi connectivity index (χ1n) is 8.25. The van der Waals surface area contributed by atoms with E-state index in [0.717, 1.165) is 19.4 Å². The van der Waals surface area contributed by atoms with E-state index in [1.165, 1.54) is 43.2 Å². The predicted molar refractivity (Wildman–Crippen MR) is 83.5 cm³/mol. The van der Waals surface area contributed by atoms with Gasteiger partial charge in [-0.05, 0) is 55.7 Å². The second-order valence-corrected chi connectivity index (χ2v) is 6.72. The van der Waals surface area contributed by atoms with Crippen molar-refractivity contribution in [1.82, 2.24) is 10.4 Å². The largest absolute Gasteiger partial charge is 0.375 e. The molecule has 1 aliphatic heterocycles. The Morgan fingerprint density at radius 1 is 1.38 bits per heavy atom. The molecule has 1 saturated carbocycles. The molecule has 4 heteroatoms. The summed E-state index contributed by atoms with van der Waals surface area (Å²) in [5, 5.41) is 0. The Morgan fingerprint density at radius 2 is 2.19 bits per heavy atom. The number of nitrogens with zero attached hydrogens (tertiary/aromatic N) is 1. The van der Waals surface area contributed by atoms with E-state index in [1.807, 2.05) is 12.4 Å². The first-order valence-corrected chi connectivity index (χ1v) is 8.25. The molecular formula is C17H27N3O. The highest BCUT2D eigenvalue weighted by molar-refractivity contribution is 5.26. The van der Waals surface area contributed by atoms with Gasteiger partial charge in [-0.1, -0.05) is 19.3 Å². The van der Waals surface area contributed by atoms with Gasteiger partial charge in [-0.25, -0.2) is 0 Å². The summed E-state index contributed by atoms with van der Waals surface area (Å²) < 4.78 is 6.22. The monoisotopic (exact) mass is 289 g/mol. The van der Waals surface area contributed by atoms with Gasteiger partial charge in [0.2, 0.25) is 0 Å². The molecule has 21 heavy (non-hydrogen) atoms. The standard InChI is InChI=1S/C17H27N3O/c1-13-12-19-9-5-15(13)16(20-18)14-6-10-21-17(11-14)7-3-2-4-8-17/h5,9,12,14,16,20H,2-4,6-8,10-11,18H2,1H3. The number of nitrogens with two attached hydrogens (primary N) is 1. The maximum absolute atomic E-state index is 6.22. The summed E-state index contributed by atoms with van der Waals surface area (Å²) in [6, 6.07) is 2.30. The van der Waals surface area contributed by atoms with Gasteiger partial charge < -0.3 is 4.74 Å². The van der Waals surface area contributed by atoms with Crippen molar-refractivity contribution in [3.8, 4) is 0 Å². The molecule has 2 unspecified atom stereocenters. The summed E-state index contributed by atoms with van der Waals surface area (Å²) in [7, 11) is 0. The fourth-order valence-electron chi connectivity index (χ4n) is 4.21. The van der Waals surface area contributed by atoms with Crippen molar-refractivity contribution in [2.75, 3.05) is 6.61 Å². The molecule has 1 aromatic heterocycles. The zero-order valence-corrected chi connectivity index (χ0v) is 13.0. The van der Waals surface area contributed by atoms with Crippen LogP contribution in [0.3, 0.4) is 0 Å². The Balaban J connectivity index is 1.79. The number of ether oxygens (including phenoxy) is 1. The fourth-order valence-corrected chi connectivity index (χ4v) is 4.21. The molecule has 3 rings (SSSR count). The van der Waals surface area contributed by atoms with Crippen LogP contribution in [0.1, 0.15) is 62.1 Å². The van der Waals surface area contributed by atoms with E-state index in [-0.39, 0.29) is 11.6 Å². The molecular weight excluding hydrogens is 262 g/mol. The normalized spacial score (nSPS) is 26.7. The zero-order chi connectivity index (χ0) is 14.7. The second-order valence-electron chi connectivity index (χ2n) is 6.72. The van der Waals surface area contributed by atoms with Crippen molar-refractivity contribution >= 4 is 0 Å². The van der Waals surface area contributed by atoms with E-state index in [0.29, 0.717) is 5.92 Å². The van der Waals surface area contributed by atoms with Crippen LogP contribution in [0.2, 0.25) is 0 Å². The summed E-state index contributed by atoms with van der Waals surface area (Å²) in [5.41, 5.74) is 5.69. The van der Waals surface area contributed by atoms with Crippen molar-refractivity contribution in [2.24, 2.45) is 11.8 Å². The summed E-state index contributed by atoms with van der Waals surface area (Å²) >= 11 is 0. The van der Waals surface area contributed by atoms with Gasteiger partial charge in [0.25, 0.3) is 0 Å². The van der Waals surface area contributed by atoms with Crippen LogP contribution in [0.5, 0.6) is 0 Å². The first-order chi connectivity index (χ1) is 10.2. The van der Waals surface area contributed by atoms with Crippen molar-refractivity contribution in [3.63, 3.8) is 0 Å². The highest BCUT2D eigenvalue weighted by atomic mass is 16.5. The van der Waals surface area contributed by atoms with Crippen molar-refractivity contribution < 1.29 is 4.74 Å². The highest BCUT2D eigenvalue weighted by Crippen LogP contribution is 2.44. The van der Waals surface area contributed by atoms with E-state index < -0.39 is 0 Å². The lowest BCUT2D eigenvalue weighted by atomic mass is 9.73. The first kappa shape index (κ1) is 14.9. The average molecular weight is 289 g/mol. The molecule has 0 bridgehead atoms. The lowest BCUT2D eigenvalue weighted by molar-refractivity contribution is -0.122. The van der Waals surface area contributed by atoms with E-state index >= 15 is 0 Å². The number of nitrogens with one attached hydrogen (secondary N) is 1. The smallest absolute Gasteiger partial charge is 0.0686 e. The maximum Gasteiger partial charge on any atom is 0.0686 e. The molecule has 0 radical (unpaired) electrons. The molecule has 2 heterocycles. The predicted octanol–water partition coefficient (Wildman–Crippen LogP) is 3.02. The van der Waals surface area contributed by atoms with Crippen LogP contribution in [0, 0.1) is 12.8 Å². The summed E-state index contributed by atoms with van der Waals surface area (Å²) in [5.74, 6) is 6.46. The van der Waals surface area contributed by atoms with Crippen LogP contribution >= 0.6 is 0 Å². The molecule has 0 aromatic carbocycles. The SMILES string of the molecule is Cc1cnccc1C(NN)C1CCOC2(CCCCC2)C1. The molecule has 1 saturated heterocycles. The average Bonchev–Trinajstić information content (AvgIpc) is 2.51. The molecule has 2 aliphatic rings. The Kier molecular flexibility index (Phi) is 4.57. The van der Waals surface area contributed by atoms with Crippen LogP contribution in [-0.4, -0.2) is 17.2 Å². The van der Waals surface area contributed by atoms with Crippen molar-refractivity contribution in [1.29, 1.82) is 0 Å². The molecule has 0 amide bonds. The Morgan fingerprint density at radius 3 is 2.90 bits per heavy atom. The third-order valence-electron chi connectivity index (χ3n) is 5.35. The quantitative estimate of drug-likeness (QED) is 0.663. The van der Waals surface area contributed by atoms with Crippen LogP contribution in [0.4, 0.5) is 0 Å². The summed E-state index contributed by atoms with van der Waals surface area (Å²) in [6.45, 7) is 2.98. The molecule has 1 aliphatic carbocycles. The van der Waals surface area contributed by atoms with Gasteiger partial charge in [0.15, 0.2) is 0 Å². The Bertz CT molecular complexity index is 465. The third-order valence-corrected chi connectivity index (χ3v) is 5.35. The summed E-state index contributed by atoms with van der Waals surface area (Å²) in [6.07, 6.45) is 12.4. The zero-order valence-electron chi connectivity index (χ0n) is 13.0. The van der Waals surface area contributed by atoms with Gasteiger partial charge >= 0.3 is 0 Å². The maximum atomic E-state index is 6.22. The highest BCUT2D eigenvalue weighted by Gasteiger charge is 2.41. The molecule has 1 spiro atoms. The number of aryl methyl sites for hydroxylation is 1. The van der Waals surface area contributed by atoms with E-state index in [4.69, 9.17) is 10.6 Å². The Labute approximate surface area is 127 Å². The van der Waals surface area contributed by atoms with Gasteiger partial charge in [0, 0.05) is 25.0 Å². The lowest BCUT2D eigenvalue weighted by Gasteiger charge is -2.45. The van der Waals surface area contributed by atoms with Gasteiger partial charge in [-0.3, -0.25) is 16.3 Å². The Hall–Kier alpha value is -0.970. The molecule has 2 atom stereocenters. The van der Waals surface area contributed by atoms with E-state index in [2.05, 4.69) is 23.4 Å². The van der Waals surface area contributed by atoms with E-state index in [9.17, 15) is 0 Å². The van der Waals surface area contributed by atoms with Gasteiger partial charge in [-0.2, -0.15) is 0 Å². The third kappa shape index (κ3) is 3.12. The summed E-state index contributed by atoms with van der Waals surface area (Å²) in [4.78, 5) is 4.20. The second kappa shape index (κ2) is 6.42. The minimum absolute atomic E-state index is 0.122. The number of hydrogen-bond acceptors (Lipinski definition) is 4. The number of rotatable bonds is 3. The van der Waals surface area contributed by atoms with Crippen molar-refractivity contribution in [2.45, 2.75) is 63.5 Å². The molecule has 4 nitrogen and oxygen atoms in total. The van der Waals surface area contributed by atoms with Gasteiger partial charge in [0.1, 0.15) is 0 Å². The molecule has 116 valence electrons. The number of pyridine rings is 1. The number of aromatic nitrogens is 1. The van der Waals surface area contributed by atoms with E-state index in [1.54, 1.807) is 0 Å². The lowest BCUT2D eigenvalue weighted by Crippen LogP contribution is -2.46. The van der Waals surface area contributed by atoms with Crippen LogP contribution in [-0.2, 0) is 4.74 Å². The van der Waals surface area contributed by atoms with Crippen LogP contribution in [0.15, 0.2) is 18.5 Å². The fraction of sp³-hybridized carbons (Fsp3) is 0.706. The number of hydrazine groups is 1. The minimum atomic E-state index is 0.122. The minimum Gasteiger partial charge on any atom is -0.375 e. The topological polar surface area (TPSA) is 60.2 Å². The van der Waals surface area contributed by atoms with Crippen LogP contribution < -0.4 is 11.3 Å². The van der Waals surface area contributed by atoms with Crippen LogP contribution in [0.25, 0.3) is 0 Å². The van der Waals surface area contributed by atoms with Crippen molar-refractivity contribution in [3.05, 3.63) is 29.6 Å².